The van der Waals surface area contributed by atoms with E-state index in [1.165, 1.54) is 6.34 Å². The van der Waals surface area contributed by atoms with Crippen molar-refractivity contribution in [3.63, 3.8) is 0 Å². The molecule has 98 valence electrons. The van der Waals surface area contributed by atoms with Gasteiger partial charge in [0.15, 0.2) is 0 Å². The van der Waals surface area contributed by atoms with Gasteiger partial charge in [0.2, 0.25) is 8.37 Å². The van der Waals surface area contributed by atoms with Crippen LogP contribution in [0.25, 0.3) is 0 Å². The molecule has 0 aromatic rings. The SMILES string of the molecule is CN(C)[PH+](N(C)C)N(C)C=N.F[B-](F)(F)F. The van der Waals surface area contributed by atoms with Gasteiger partial charge in [0.25, 0.3) is 0 Å². The zero-order valence-electron chi connectivity index (χ0n) is 10.0. The number of hydrogen-bond donors (Lipinski definition) is 1. The van der Waals surface area contributed by atoms with Crippen LogP contribution in [-0.4, -0.2) is 62.8 Å². The number of nitrogens with one attached hydrogen (secondary N) is 1. The summed E-state index contributed by atoms with van der Waals surface area (Å²) in [5.41, 5.74) is 0. The van der Waals surface area contributed by atoms with Crippen LogP contribution in [0.1, 0.15) is 0 Å². The Morgan fingerprint density at radius 2 is 1.19 bits per heavy atom. The fraction of sp³-hybridized carbons (Fsp3) is 0.833. The standard InChI is InChI=1S/C6H17N4P.BF4/c1-8(2)11(9(3)4)10(5)6-7;2-1(3,4)5/h6-7H,1-5H3;/q;-1/p+1. The van der Waals surface area contributed by atoms with Gasteiger partial charge in [0, 0.05) is 35.2 Å². The molecular formula is C6H18BF4N4P. The van der Waals surface area contributed by atoms with Gasteiger partial charge in [0.1, 0.15) is 6.34 Å². The van der Waals surface area contributed by atoms with Crippen LogP contribution in [0.15, 0.2) is 0 Å². The summed E-state index contributed by atoms with van der Waals surface area (Å²) in [4.78, 5) is 0. The van der Waals surface area contributed by atoms with Gasteiger partial charge >= 0.3 is 7.25 Å². The highest BCUT2D eigenvalue weighted by atomic mass is 31.2. The lowest BCUT2D eigenvalue weighted by Crippen LogP contribution is -2.27. The molecule has 0 aliphatic carbocycles. The summed E-state index contributed by atoms with van der Waals surface area (Å²) in [7, 11) is 3.23. The van der Waals surface area contributed by atoms with E-state index in [4.69, 9.17) is 5.41 Å². The maximum atomic E-state index is 9.75. The van der Waals surface area contributed by atoms with E-state index in [1.807, 2.05) is 39.9 Å². The molecule has 0 unspecified atom stereocenters. The first kappa shape index (κ1) is 18.0. The minimum absolute atomic E-state index is 0.850. The van der Waals surface area contributed by atoms with E-state index < -0.39 is 15.6 Å². The predicted octanol–water partition coefficient (Wildman–Crippen LogP) is 1.91. The number of nitrogens with zero attached hydrogens (tertiary/aromatic N) is 3. The minimum atomic E-state index is -6.00. The van der Waals surface area contributed by atoms with Crippen LogP contribution in [-0.2, 0) is 0 Å². The second kappa shape index (κ2) is 7.81. The molecule has 0 saturated heterocycles. The molecule has 0 aromatic heterocycles. The highest BCUT2D eigenvalue weighted by Gasteiger charge is 2.25. The van der Waals surface area contributed by atoms with Crippen molar-refractivity contribution in [1.82, 2.24) is 14.0 Å². The van der Waals surface area contributed by atoms with Crippen LogP contribution in [0.2, 0.25) is 0 Å². The van der Waals surface area contributed by atoms with Gasteiger partial charge in [-0.15, -0.1) is 0 Å². The Morgan fingerprint density at radius 1 is 0.938 bits per heavy atom. The molecule has 0 aliphatic rings. The molecule has 10 heteroatoms. The van der Waals surface area contributed by atoms with E-state index >= 15 is 0 Å². The van der Waals surface area contributed by atoms with Gasteiger partial charge in [-0.25, -0.2) is 4.67 Å². The molecule has 0 spiro atoms. The van der Waals surface area contributed by atoms with Crippen LogP contribution >= 0.6 is 8.37 Å². The van der Waals surface area contributed by atoms with Crippen molar-refractivity contribution in [2.24, 2.45) is 0 Å². The second-order valence-corrected chi connectivity index (χ2v) is 6.42. The molecule has 0 rings (SSSR count). The third-order valence-electron chi connectivity index (χ3n) is 1.31. The lowest BCUT2D eigenvalue weighted by Gasteiger charge is -2.26. The smallest absolute Gasteiger partial charge is 0.418 e. The van der Waals surface area contributed by atoms with Crippen LogP contribution in [0.5, 0.6) is 0 Å². The Morgan fingerprint density at radius 3 is 1.25 bits per heavy atom. The van der Waals surface area contributed by atoms with E-state index in [0.717, 1.165) is 0 Å². The molecule has 0 aromatic carbocycles. The molecule has 0 fully saturated rings. The normalized spacial score (nSPS) is 11.5. The summed E-state index contributed by atoms with van der Waals surface area (Å²) in [6.07, 6.45) is 1.37. The van der Waals surface area contributed by atoms with Gasteiger partial charge < -0.3 is 17.3 Å². The Labute approximate surface area is 94.7 Å². The zero-order valence-corrected chi connectivity index (χ0v) is 11.0. The summed E-state index contributed by atoms with van der Waals surface area (Å²) in [5, 5.41) is 7.10. The maximum absolute atomic E-state index is 9.75. The Balaban J connectivity index is 0. The summed E-state index contributed by atoms with van der Waals surface area (Å²) < 4.78 is 45.2. The topological polar surface area (TPSA) is 33.6 Å². The third kappa shape index (κ3) is 11.7. The van der Waals surface area contributed by atoms with Crippen molar-refractivity contribution >= 4 is 22.0 Å². The number of hydrogen-bond acceptors (Lipinski definition) is 3. The Bertz CT molecular complexity index is 187. The lowest BCUT2D eigenvalue weighted by molar-refractivity contribution is 0.368. The van der Waals surface area contributed by atoms with Gasteiger partial charge in [-0.1, -0.05) is 0 Å². The predicted molar refractivity (Wildman–Crippen MR) is 62.4 cm³/mol. The summed E-state index contributed by atoms with van der Waals surface area (Å²) >= 11 is 0. The summed E-state index contributed by atoms with van der Waals surface area (Å²) in [5.74, 6) is 0. The van der Waals surface area contributed by atoms with Crippen molar-refractivity contribution in [2.45, 2.75) is 0 Å². The lowest BCUT2D eigenvalue weighted by atomic mass is 10.3. The average Bonchev–Trinajstić information content (AvgIpc) is 1.99. The first-order valence-electron chi connectivity index (χ1n) is 4.33. The zero-order chi connectivity index (χ0) is 13.5. The van der Waals surface area contributed by atoms with Crippen LogP contribution in [0.4, 0.5) is 17.3 Å². The molecule has 1 N–H and O–H groups in total. The van der Waals surface area contributed by atoms with Gasteiger partial charge in [0.05, 0.1) is 0 Å². The van der Waals surface area contributed by atoms with Crippen LogP contribution in [0.3, 0.4) is 0 Å². The molecule has 16 heavy (non-hydrogen) atoms. The monoisotopic (exact) mass is 264 g/mol. The first-order valence-corrected chi connectivity index (χ1v) is 5.67. The second-order valence-electron chi connectivity index (χ2n) is 3.32. The molecule has 0 radical (unpaired) electrons. The molecule has 0 atom stereocenters. The highest BCUT2D eigenvalue weighted by molar-refractivity contribution is 7.50. The quantitative estimate of drug-likeness (QED) is 0.277. The van der Waals surface area contributed by atoms with Crippen LogP contribution in [0, 0.1) is 5.41 Å². The van der Waals surface area contributed by atoms with E-state index in [0.29, 0.717) is 0 Å². The van der Waals surface area contributed by atoms with Crippen molar-refractivity contribution < 1.29 is 17.3 Å². The largest absolute Gasteiger partial charge is 0.673 e. The van der Waals surface area contributed by atoms with E-state index in [-0.39, 0.29) is 0 Å². The molecule has 0 amide bonds. The summed E-state index contributed by atoms with van der Waals surface area (Å²) in [6.45, 7) is 0. The molecule has 0 bridgehead atoms. The van der Waals surface area contributed by atoms with Crippen molar-refractivity contribution in [2.75, 3.05) is 35.2 Å². The fourth-order valence-corrected chi connectivity index (χ4v) is 3.27. The van der Waals surface area contributed by atoms with Gasteiger partial charge in [-0.3, -0.25) is 5.41 Å². The first-order chi connectivity index (χ1) is 7.00. The third-order valence-corrected chi connectivity index (χ3v) is 3.67. The van der Waals surface area contributed by atoms with E-state index in [2.05, 4.69) is 9.34 Å². The molecular weight excluding hydrogens is 246 g/mol. The number of rotatable bonds is 4. The number of halogens is 4. The maximum Gasteiger partial charge on any atom is 0.673 e. The van der Waals surface area contributed by atoms with E-state index in [9.17, 15) is 17.3 Å². The fourth-order valence-electron chi connectivity index (χ4n) is 1.09. The van der Waals surface area contributed by atoms with E-state index in [1.54, 1.807) is 0 Å². The average molecular weight is 264 g/mol. The van der Waals surface area contributed by atoms with Gasteiger partial charge in [-0.05, 0) is 0 Å². The van der Waals surface area contributed by atoms with Crippen molar-refractivity contribution in [3.8, 4) is 0 Å². The van der Waals surface area contributed by atoms with Crippen LogP contribution < -0.4 is 0 Å². The Hall–Kier alpha value is -0.395. The minimum Gasteiger partial charge on any atom is -0.418 e. The molecule has 0 saturated carbocycles. The van der Waals surface area contributed by atoms with Gasteiger partial charge in [-0.2, -0.15) is 9.34 Å². The van der Waals surface area contributed by atoms with Crippen molar-refractivity contribution in [1.29, 1.82) is 5.41 Å². The summed E-state index contributed by atoms with van der Waals surface area (Å²) in [6, 6.07) is 0. The molecule has 0 heterocycles. The molecule has 4 nitrogen and oxygen atoms in total. The van der Waals surface area contributed by atoms with Crippen molar-refractivity contribution in [3.05, 3.63) is 0 Å². The Kier molecular flexibility index (Phi) is 8.78. The highest BCUT2D eigenvalue weighted by Crippen LogP contribution is 2.41. The molecule has 0 aliphatic heterocycles.